The van der Waals surface area contributed by atoms with E-state index in [0.29, 0.717) is 6.04 Å². The van der Waals surface area contributed by atoms with E-state index < -0.39 is 0 Å². The fraction of sp³-hybridized carbons (Fsp3) is 0.625. The van der Waals surface area contributed by atoms with Crippen LogP contribution in [-0.4, -0.2) is 22.8 Å². The highest BCUT2D eigenvalue weighted by Gasteiger charge is 2.21. The predicted octanol–water partition coefficient (Wildman–Crippen LogP) is 3.08. The Labute approximate surface area is 115 Å². The summed E-state index contributed by atoms with van der Waals surface area (Å²) in [5.74, 6) is 0.0404. The van der Waals surface area contributed by atoms with Gasteiger partial charge in [0.25, 0.3) is 0 Å². The van der Waals surface area contributed by atoms with Crippen molar-refractivity contribution < 1.29 is 10.2 Å². The van der Waals surface area contributed by atoms with Gasteiger partial charge in [0.1, 0.15) is 0 Å². The van der Waals surface area contributed by atoms with E-state index in [2.05, 4.69) is 26.1 Å². The van der Waals surface area contributed by atoms with E-state index in [1.165, 1.54) is 12.8 Å². The van der Waals surface area contributed by atoms with Crippen molar-refractivity contribution in [3.05, 3.63) is 23.3 Å². The smallest absolute Gasteiger partial charge is 0.160 e. The van der Waals surface area contributed by atoms with E-state index >= 15 is 0 Å². The number of aromatic hydroxyl groups is 2. The number of rotatable bonds is 2. The second-order valence-electron chi connectivity index (χ2n) is 6.60. The van der Waals surface area contributed by atoms with E-state index in [-0.39, 0.29) is 16.9 Å². The molecular formula is C16H25NO2. The molecule has 19 heavy (non-hydrogen) atoms. The number of phenols is 2. The molecule has 106 valence electrons. The maximum Gasteiger partial charge on any atom is 0.160 e. The molecule has 1 unspecified atom stereocenters. The van der Waals surface area contributed by atoms with Crippen LogP contribution in [0.4, 0.5) is 0 Å². The standard InChI is InChI=1S/C16H25NO2/c1-16(2,3)12-8-11(15(19)14(18)10-12)9-13-6-4-5-7-17-13/h8,10,13,17-19H,4-7,9H2,1-3H3. The molecule has 0 aromatic heterocycles. The number of phenolic OH excluding ortho intramolecular Hbond substituents is 2. The summed E-state index contributed by atoms with van der Waals surface area (Å²) in [4.78, 5) is 0. The Kier molecular flexibility index (Phi) is 4.04. The molecule has 0 bridgehead atoms. The van der Waals surface area contributed by atoms with Gasteiger partial charge in [-0.1, -0.05) is 33.3 Å². The quantitative estimate of drug-likeness (QED) is 0.719. The summed E-state index contributed by atoms with van der Waals surface area (Å²) < 4.78 is 0. The van der Waals surface area contributed by atoms with Gasteiger partial charge in [0, 0.05) is 6.04 Å². The van der Waals surface area contributed by atoms with E-state index in [1.54, 1.807) is 6.07 Å². The highest BCUT2D eigenvalue weighted by Crippen LogP contribution is 2.36. The van der Waals surface area contributed by atoms with Gasteiger partial charge in [-0.05, 0) is 48.4 Å². The van der Waals surface area contributed by atoms with Crippen LogP contribution in [-0.2, 0) is 11.8 Å². The molecule has 0 spiro atoms. The topological polar surface area (TPSA) is 52.5 Å². The zero-order valence-corrected chi connectivity index (χ0v) is 12.2. The first-order chi connectivity index (χ1) is 8.88. The first-order valence-electron chi connectivity index (χ1n) is 7.16. The molecule has 3 N–H and O–H groups in total. The first kappa shape index (κ1) is 14.2. The molecular weight excluding hydrogens is 238 g/mol. The predicted molar refractivity (Wildman–Crippen MR) is 77.8 cm³/mol. The molecule has 1 atom stereocenters. The lowest BCUT2D eigenvalue weighted by Crippen LogP contribution is -2.35. The van der Waals surface area contributed by atoms with E-state index in [4.69, 9.17) is 0 Å². The Morgan fingerprint density at radius 1 is 1.21 bits per heavy atom. The molecule has 1 aromatic rings. The van der Waals surface area contributed by atoms with E-state index in [0.717, 1.165) is 30.5 Å². The Balaban J connectivity index is 2.25. The van der Waals surface area contributed by atoms with Crippen molar-refractivity contribution in [2.45, 2.75) is 57.9 Å². The van der Waals surface area contributed by atoms with Gasteiger partial charge in [0.05, 0.1) is 0 Å². The van der Waals surface area contributed by atoms with Gasteiger partial charge in [0.15, 0.2) is 11.5 Å². The maximum absolute atomic E-state index is 10.0. The summed E-state index contributed by atoms with van der Waals surface area (Å²) in [6.07, 6.45) is 4.39. The molecule has 1 aliphatic rings. The summed E-state index contributed by atoms with van der Waals surface area (Å²) in [6.45, 7) is 7.39. The van der Waals surface area contributed by atoms with Crippen LogP contribution in [0.5, 0.6) is 11.5 Å². The molecule has 1 aromatic carbocycles. The van der Waals surface area contributed by atoms with Crippen LogP contribution < -0.4 is 5.32 Å². The van der Waals surface area contributed by atoms with Crippen LogP contribution in [0.25, 0.3) is 0 Å². The molecule has 3 nitrogen and oxygen atoms in total. The third-order valence-corrected chi connectivity index (χ3v) is 3.91. The third-order valence-electron chi connectivity index (χ3n) is 3.91. The Morgan fingerprint density at radius 3 is 2.53 bits per heavy atom. The van der Waals surface area contributed by atoms with Gasteiger partial charge in [-0.3, -0.25) is 0 Å². The van der Waals surface area contributed by atoms with Crippen molar-refractivity contribution in [2.24, 2.45) is 0 Å². The van der Waals surface area contributed by atoms with Gasteiger partial charge in [-0.25, -0.2) is 0 Å². The minimum absolute atomic E-state index is 0.00163. The highest BCUT2D eigenvalue weighted by molar-refractivity contribution is 5.49. The average molecular weight is 263 g/mol. The maximum atomic E-state index is 10.0. The van der Waals surface area contributed by atoms with Crippen LogP contribution in [0, 0.1) is 0 Å². The Hall–Kier alpha value is -1.22. The third kappa shape index (κ3) is 3.41. The van der Waals surface area contributed by atoms with Gasteiger partial charge < -0.3 is 15.5 Å². The molecule has 0 aliphatic carbocycles. The van der Waals surface area contributed by atoms with Gasteiger partial charge >= 0.3 is 0 Å². The first-order valence-corrected chi connectivity index (χ1v) is 7.16. The lowest BCUT2D eigenvalue weighted by molar-refractivity contribution is 0.376. The molecule has 1 fully saturated rings. The second-order valence-corrected chi connectivity index (χ2v) is 6.60. The minimum Gasteiger partial charge on any atom is -0.504 e. The van der Waals surface area contributed by atoms with Crippen LogP contribution in [0.3, 0.4) is 0 Å². The zero-order chi connectivity index (χ0) is 14.0. The number of hydrogen-bond acceptors (Lipinski definition) is 3. The average Bonchev–Trinajstić information content (AvgIpc) is 2.34. The van der Waals surface area contributed by atoms with Crippen molar-refractivity contribution in [2.75, 3.05) is 6.54 Å². The lowest BCUT2D eigenvalue weighted by atomic mass is 9.84. The van der Waals surface area contributed by atoms with Gasteiger partial charge in [0.2, 0.25) is 0 Å². The monoisotopic (exact) mass is 263 g/mol. The van der Waals surface area contributed by atoms with Gasteiger partial charge in [-0.2, -0.15) is 0 Å². The molecule has 1 heterocycles. The molecule has 0 radical (unpaired) electrons. The lowest BCUT2D eigenvalue weighted by Gasteiger charge is -2.25. The summed E-state index contributed by atoms with van der Waals surface area (Å²) >= 11 is 0. The summed E-state index contributed by atoms with van der Waals surface area (Å²) in [6, 6.07) is 4.12. The normalized spacial score (nSPS) is 20.5. The second kappa shape index (κ2) is 5.41. The largest absolute Gasteiger partial charge is 0.504 e. The molecule has 2 rings (SSSR count). The molecule has 0 amide bonds. The number of piperidine rings is 1. The summed E-state index contributed by atoms with van der Waals surface area (Å²) in [5, 5.41) is 23.4. The molecule has 1 aliphatic heterocycles. The van der Waals surface area contributed by atoms with Crippen molar-refractivity contribution in [3.8, 4) is 11.5 Å². The number of nitrogens with one attached hydrogen (secondary N) is 1. The fourth-order valence-corrected chi connectivity index (χ4v) is 2.63. The zero-order valence-electron chi connectivity index (χ0n) is 12.2. The van der Waals surface area contributed by atoms with Crippen molar-refractivity contribution in [1.82, 2.24) is 5.32 Å². The number of benzene rings is 1. The SMILES string of the molecule is CC(C)(C)c1cc(O)c(O)c(CC2CCCCN2)c1. The Bertz CT molecular complexity index is 443. The van der Waals surface area contributed by atoms with Crippen molar-refractivity contribution in [3.63, 3.8) is 0 Å². The van der Waals surface area contributed by atoms with Crippen LogP contribution in [0.2, 0.25) is 0 Å². The fourth-order valence-electron chi connectivity index (χ4n) is 2.63. The summed E-state index contributed by atoms with van der Waals surface area (Å²) in [5.41, 5.74) is 1.89. The van der Waals surface area contributed by atoms with E-state index in [1.807, 2.05) is 6.07 Å². The van der Waals surface area contributed by atoms with Gasteiger partial charge in [-0.15, -0.1) is 0 Å². The minimum atomic E-state index is -0.0279. The highest BCUT2D eigenvalue weighted by atomic mass is 16.3. The number of hydrogen-bond donors (Lipinski definition) is 3. The van der Waals surface area contributed by atoms with Crippen LogP contribution >= 0.6 is 0 Å². The van der Waals surface area contributed by atoms with Crippen LogP contribution in [0.1, 0.15) is 51.2 Å². The van der Waals surface area contributed by atoms with Crippen molar-refractivity contribution >= 4 is 0 Å². The molecule has 3 heteroatoms. The summed E-state index contributed by atoms with van der Waals surface area (Å²) in [7, 11) is 0. The molecule has 1 saturated heterocycles. The Morgan fingerprint density at radius 2 is 1.95 bits per heavy atom. The van der Waals surface area contributed by atoms with Crippen LogP contribution in [0.15, 0.2) is 12.1 Å². The van der Waals surface area contributed by atoms with Crippen molar-refractivity contribution in [1.29, 1.82) is 0 Å². The van der Waals surface area contributed by atoms with E-state index in [9.17, 15) is 10.2 Å². The molecule has 0 saturated carbocycles.